The summed E-state index contributed by atoms with van der Waals surface area (Å²) in [4.78, 5) is 32.9. The number of nitrogens with one attached hydrogen (secondary N) is 2. The molecule has 0 aliphatic carbocycles. The van der Waals surface area contributed by atoms with Crippen molar-refractivity contribution in [2.24, 2.45) is 0 Å². The van der Waals surface area contributed by atoms with Gasteiger partial charge < -0.3 is 20.8 Å². The van der Waals surface area contributed by atoms with Crippen LogP contribution in [0.5, 0.6) is 0 Å². The molecule has 1 aromatic rings. The molecule has 4 N–H and O–H groups in total. The van der Waals surface area contributed by atoms with Gasteiger partial charge in [-0.15, -0.1) is 0 Å². The molecule has 0 aliphatic rings. The number of carbonyl (C=O) groups excluding carboxylic acids is 1. The number of aliphatic carboxylic acids is 2. The van der Waals surface area contributed by atoms with Crippen LogP contribution in [0.1, 0.15) is 6.42 Å². The summed E-state index contributed by atoms with van der Waals surface area (Å²) in [5.74, 6) is -2.77. The summed E-state index contributed by atoms with van der Waals surface area (Å²) in [5, 5.41) is 22.1. The summed E-state index contributed by atoms with van der Waals surface area (Å²) in [6.45, 7) is 0. The average molecular weight is 366 g/mol. The maximum absolute atomic E-state index is 11.6. The summed E-state index contributed by atoms with van der Waals surface area (Å²) >= 11 is 8.99. The number of carbonyl (C=O) groups is 3. The molecule has 0 radical (unpaired) electrons. The molecule has 0 spiro atoms. The van der Waals surface area contributed by atoms with Crippen molar-refractivity contribution in [3.05, 3.63) is 27.7 Å². The molecule has 7 nitrogen and oxygen atoms in total. The van der Waals surface area contributed by atoms with Gasteiger partial charge in [-0.1, -0.05) is 17.7 Å². The molecule has 1 aromatic carbocycles. The van der Waals surface area contributed by atoms with Crippen LogP contribution < -0.4 is 10.6 Å². The quantitative estimate of drug-likeness (QED) is 0.638. The summed E-state index contributed by atoms with van der Waals surface area (Å²) < 4.78 is 0.432. The zero-order chi connectivity index (χ0) is 15.3. The summed E-state index contributed by atoms with van der Waals surface area (Å²) in [6, 6.07) is 2.36. The largest absolute Gasteiger partial charge is 0.481 e. The normalized spacial score (nSPS) is 11.5. The van der Waals surface area contributed by atoms with Gasteiger partial charge in [0.2, 0.25) is 0 Å². The van der Waals surface area contributed by atoms with Crippen molar-refractivity contribution in [1.29, 1.82) is 0 Å². The molecule has 0 aliphatic heterocycles. The predicted molar refractivity (Wildman–Crippen MR) is 75.0 cm³/mol. The zero-order valence-corrected chi connectivity index (χ0v) is 12.2. The Bertz CT molecular complexity index is 552. The zero-order valence-electron chi connectivity index (χ0n) is 9.89. The van der Waals surface area contributed by atoms with Gasteiger partial charge in [0, 0.05) is 0 Å². The average Bonchev–Trinajstić information content (AvgIpc) is 2.33. The molecule has 9 heteroatoms. The first-order valence-corrected chi connectivity index (χ1v) is 6.44. The Morgan fingerprint density at radius 2 is 1.95 bits per heavy atom. The predicted octanol–water partition coefficient (Wildman–Crippen LogP) is 2.15. The molecule has 20 heavy (non-hydrogen) atoms. The highest BCUT2D eigenvalue weighted by Crippen LogP contribution is 2.29. The lowest BCUT2D eigenvalue weighted by molar-refractivity contribution is -0.145. The second-order valence-corrected chi connectivity index (χ2v) is 4.89. The Morgan fingerprint density at radius 3 is 2.50 bits per heavy atom. The highest BCUT2D eigenvalue weighted by Gasteiger charge is 2.23. The van der Waals surface area contributed by atoms with Gasteiger partial charge in [0.25, 0.3) is 0 Å². The number of anilines is 1. The minimum Gasteiger partial charge on any atom is -0.481 e. The molecule has 0 heterocycles. The minimum atomic E-state index is -1.52. The molecule has 0 aromatic heterocycles. The first kappa shape index (κ1) is 16.3. The van der Waals surface area contributed by atoms with E-state index in [1.54, 1.807) is 18.2 Å². The number of hydrogen-bond acceptors (Lipinski definition) is 3. The fourth-order valence-corrected chi connectivity index (χ4v) is 1.83. The Kier molecular flexibility index (Phi) is 5.78. The lowest BCUT2D eigenvalue weighted by Gasteiger charge is -2.14. The second kappa shape index (κ2) is 7.11. The molecule has 1 atom stereocenters. The maximum atomic E-state index is 11.6. The van der Waals surface area contributed by atoms with E-state index in [0.717, 1.165) is 0 Å². The minimum absolute atomic E-state index is 0.328. The van der Waals surface area contributed by atoms with E-state index in [0.29, 0.717) is 15.2 Å². The van der Waals surface area contributed by atoms with Crippen LogP contribution in [-0.2, 0) is 9.59 Å². The van der Waals surface area contributed by atoms with Crippen molar-refractivity contribution in [3.63, 3.8) is 0 Å². The van der Waals surface area contributed by atoms with E-state index in [1.165, 1.54) is 0 Å². The van der Waals surface area contributed by atoms with Gasteiger partial charge in [0.1, 0.15) is 6.04 Å². The topological polar surface area (TPSA) is 116 Å². The maximum Gasteiger partial charge on any atom is 0.326 e. The number of amides is 2. The first-order chi connectivity index (χ1) is 9.31. The Balaban J connectivity index is 2.73. The summed E-state index contributed by atoms with van der Waals surface area (Å²) in [5.41, 5.74) is 0.328. The number of hydrogen-bond donors (Lipinski definition) is 4. The van der Waals surface area contributed by atoms with Crippen molar-refractivity contribution >= 4 is 51.2 Å². The van der Waals surface area contributed by atoms with E-state index in [9.17, 15) is 14.4 Å². The van der Waals surface area contributed by atoms with Gasteiger partial charge in [-0.2, -0.15) is 0 Å². The fraction of sp³-hybridized carbons (Fsp3) is 0.182. The molecule has 0 saturated heterocycles. The molecule has 0 unspecified atom stereocenters. The third-order valence-corrected chi connectivity index (χ3v) is 3.58. The van der Waals surface area contributed by atoms with Crippen LogP contribution in [0.15, 0.2) is 22.7 Å². The molecular weight excluding hydrogens is 355 g/mol. The van der Waals surface area contributed by atoms with Crippen molar-refractivity contribution in [2.45, 2.75) is 12.5 Å². The summed E-state index contributed by atoms with van der Waals surface area (Å²) in [6.07, 6.45) is -0.723. The van der Waals surface area contributed by atoms with Gasteiger partial charge in [0.05, 0.1) is 21.6 Å². The van der Waals surface area contributed by atoms with Crippen LogP contribution >= 0.6 is 27.5 Å². The monoisotopic (exact) mass is 364 g/mol. The van der Waals surface area contributed by atoms with Gasteiger partial charge >= 0.3 is 18.0 Å². The molecule has 0 fully saturated rings. The van der Waals surface area contributed by atoms with Gasteiger partial charge in [-0.05, 0) is 28.1 Å². The highest BCUT2D eigenvalue weighted by molar-refractivity contribution is 9.10. The van der Waals surface area contributed by atoms with Crippen molar-refractivity contribution in [1.82, 2.24) is 5.32 Å². The number of halogens is 2. The van der Waals surface area contributed by atoms with Crippen LogP contribution in [0.2, 0.25) is 5.02 Å². The molecule has 0 saturated carbocycles. The van der Waals surface area contributed by atoms with Crippen molar-refractivity contribution in [3.8, 4) is 0 Å². The molecular formula is C11H10BrClN2O5. The number of carboxylic acid groups (broad SMARTS) is 2. The van der Waals surface area contributed by atoms with E-state index in [4.69, 9.17) is 21.8 Å². The SMILES string of the molecule is O=C(O)C[C@@H](NC(=O)Nc1cccc(Cl)c1Br)C(=O)O. The van der Waals surface area contributed by atoms with E-state index < -0.39 is 30.4 Å². The standard InChI is InChI=1S/C11H10BrClN2O5/c12-9-5(13)2-1-3-6(9)14-11(20)15-7(10(18)19)4-8(16)17/h1-3,7H,4H2,(H,16,17)(H,18,19)(H2,14,15,20)/t7-/m1/s1. The highest BCUT2D eigenvalue weighted by atomic mass is 79.9. The van der Waals surface area contributed by atoms with Crippen molar-refractivity contribution in [2.75, 3.05) is 5.32 Å². The van der Waals surface area contributed by atoms with Crippen LogP contribution in [0.3, 0.4) is 0 Å². The number of carboxylic acids is 2. The van der Waals surface area contributed by atoms with Crippen LogP contribution in [0.25, 0.3) is 0 Å². The van der Waals surface area contributed by atoms with Gasteiger partial charge in [0.15, 0.2) is 0 Å². The van der Waals surface area contributed by atoms with E-state index >= 15 is 0 Å². The van der Waals surface area contributed by atoms with Crippen LogP contribution in [0, 0.1) is 0 Å². The lowest BCUT2D eigenvalue weighted by atomic mass is 10.2. The lowest BCUT2D eigenvalue weighted by Crippen LogP contribution is -2.44. The molecule has 1 rings (SSSR count). The third kappa shape index (κ3) is 4.71. The number of rotatable bonds is 5. The second-order valence-electron chi connectivity index (χ2n) is 3.69. The Labute approximate surface area is 127 Å². The van der Waals surface area contributed by atoms with Gasteiger partial charge in [-0.25, -0.2) is 9.59 Å². The third-order valence-electron chi connectivity index (χ3n) is 2.18. The van der Waals surface area contributed by atoms with E-state index in [1.807, 2.05) is 5.32 Å². The fourth-order valence-electron chi connectivity index (χ4n) is 1.29. The number of urea groups is 1. The Hall–Kier alpha value is -1.80. The molecule has 0 bridgehead atoms. The number of benzene rings is 1. The summed E-state index contributed by atoms with van der Waals surface area (Å²) in [7, 11) is 0. The molecule has 108 valence electrons. The van der Waals surface area contributed by atoms with Crippen LogP contribution in [-0.4, -0.2) is 34.2 Å². The van der Waals surface area contributed by atoms with Gasteiger partial charge in [-0.3, -0.25) is 4.79 Å². The van der Waals surface area contributed by atoms with E-state index in [2.05, 4.69) is 21.2 Å². The molecule has 2 amide bonds. The first-order valence-electron chi connectivity index (χ1n) is 5.27. The van der Waals surface area contributed by atoms with Crippen LogP contribution in [0.4, 0.5) is 10.5 Å². The van der Waals surface area contributed by atoms with E-state index in [-0.39, 0.29) is 0 Å². The smallest absolute Gasteiger partial charge is 0.326 e. The van der Waals surface area contributed by atoms with Crippen molar-refractivity contribution < 1.29 is 24.6 Å². The Morgan fingerprint density at radius 1 is 1.30 bits per heavy atom.